The Hall–Kier alpha value is -2.70. The van der Waals surface area contributed by atoms with Gasteiger partial charge in [-0.25, -0.2) is 4.39 Å². The van der Waals surface area contributed by atoms with Gasteiger partial charge in [0.2, 0.25) is 17.5 Å². The van der Waals surface area contributed by atoms with Crippen LogP contribution in [0.4, 0.5) is 4.39 Å². The molecule has 116 valence electrons. The summed E-state index contributed by atoms with van der Waals surface area (Å²) in [6, 6.07) is 5.13. The Kier molecular flexibility index (Phi) is 3.99. The molecular formula is C15H14FNO5. The minimum Gasteiger partial charge on any atom is -0.456 e. The minimum absolute atomic E-state index is 0.237. The van der Waals surface area contributed by atoms with Gasteiger partial charge in [0, 0.05) is 19.4 Å². The van der Waals surface area contributed by atoms with Crippen LogP contribution in [-0.2, 0) is 29.5 Å². The highest BCUT2D eigenvalue weighted by molar-refractivity contribution is 6.04. The summed E-state index contributed by atoms with van der Waals surface area (Å²) >= 11 is 0. The summed E-state index contributed by atoms with van der Waals surface area (Å²) in [5.74, 6) is -2.94. The molecule has 1 aromatic rings. The third-order valence-electron chi connectivity index (χ3n) is 3.08. The second kappa shape index (κ2) is 5.59. The van der Waals surface area contributed by atoms with Crippen LogP contribution in [0.2, 0.25) is 0 Å². The normalized spacial score (nSPS) is 20.6. The van der Waals surface area contributed by atoms with Crippen molar-refractivity contribution < 1.29 is 28.2 Å². The van der Waals surface area contributed by atoms with Gasteiger partial charge in [0.1, 0.15) is 5.82 Å². The van der Waals surface area contributed by atoms with Gasteiger partial charge in [-0.15, -0.1) is 0 Å². The lowest BCUT2D eigenvalue weighted by atomic mass is 9.91. The molecule has 1 N–H and O–H groups in total. The van der Waals surface area contributed by atoms with Gasteiger partial charge in [-0.2, -0.15) is 0 Å². The summed E-state index contributed by atoms with van der Waals surface area (Å²) in [6.45, 7) is 3.79. The van der Waals surface area contributed by atoms with Crippen molar-refractivity contribution in [1.29, 1.82) is 0 Å². The van der Waals surface area contributed by atoms with Crippen molar-refractivity contribution in [2.24, 2.45) is 0 Å². The van der Waals surface area contributed by atoms with Gasteiger partial charge in [0.25, 0.3) is 5.78 Å². The second-order valence-corrected chi connectivity index (χ2v) is 4.90. The number of halogens is 1. The Balaban J connectivity index is 2.42. The summed E-state index contributed by atoms with van der Waals surface area (Å²) < 4.78 is 23.4. The standard InChI is InChI=1S/C15H14FNO5/c1-8(18)17-14-12(21-9(2)19)13(20)15(3,22-14)10-4-6-11(16)7-5-10/h4-7H,1-3H3,(H,17,18). The van der Waals surface area contributed by atoms with Crippen molar-refractivity contribution in [3.63, 3.8) is 0 Å². The number of ether oxygens (including phenoxy) is 2. The fourth-order valence-corrected chi connectivity index (χ4v) is 2.05. The molecule has 0 radical (unpaired) electrons. The lowest BCUT2D eigenvalue weighted by molar-refractivity contribution is -0.142. The van der Waals surface area contributed by atoms with Gasteiger partial charge < -0.3 is 9.47 Å². The number of rotatable bonds is 3. The van der Waals surface area contributed by atoms with Crippen LogP contribution < -0.4 is 5.32 Å². The Morgan fingerprint density at radius 2 is 1.82 bits per heavy atom. The van der Waals surface area contributed by atoms with Gasteiger partial charge in [0.15, 0.2) is 5.60 Å². The molecule has 0 fully saturated rings. The van der Waals surface area contributed by atoms with E-state index in [1.54, 1.807) is 0 Å². The SMILES string of the molecule is CC(=O)NC1=C(OC(C)=O)C(=O)C(C)(c2ccc(F)cc2)O1. The summed E-state index contributed by atoms with van der Waals surface area (Å²) in [6.07, 6.45) is 0. The second-order valence-electron chi connectivity index (χ2n) is 4.90. The molecule has 0 spiro atoms. The largest absolute Gasteiger partial charge is 0.456 e. The third kappa shape index (κ3) is 2.83. The lowest BCUT2D eigenvalue weighted by Crippen LogP contribution is -2.32. The molecule has 1 heterocycles. The molecule has 6 nitrogen and oxygen atoms in total. The first-order chi connectivity index (χ1) is 10.2. The molecule has 0 bridgehead atoms. The van der Waals surface area contributed by atoms with Crippen molar-refractivity contribution in [3.8, 4) is 0 Å². The molecule has 0 saturated heterocycles. The van der Waals surface area contributed by atoms with E-state index in [2.05, 4.69) is 5.32 Å². The molecule has 1 unspecified atom stereocenters. The van der Waals surface area contributed by atoms with E-state index in [0.29, 0.717) is 5.56 Å². The van der Waals surface area contributed by atoms with E-state index >= 15 is 0 Å². The van der Waals surface area contributed by atoms with E-state index in [4.69, 9.17) is 9.47 Å². The number of amides is 1. The molecule has 1 amide bonds. The van der Waals surface area contributed by atoms with Crippen LogP contribution in [0.25, 0.3) is 0 Å². The number of hydrogen-bond acceptors (Lipinski definition) is 5. The van der Waals surface area contributed by atoms with E-state index in [1.807, 2.05) is 0 Å². The van der Waals surface area contributed by atoms with Crippen LogP contribution in [0.1, 0.15) is 26.3 Å². The molecule has 1 aliphatic heterocycles. The Morgan fingerprint density at radius 1 is 1.23 bits per heavy atom. The summed E-state index contributed by atoms with van der Waals surface area (Å²) in [7, 11) is 0. The molecule has 7 heteroatoms. The smallest absolute Gasteiger partial charge is 0.308 e. The summed E-state index contributed by atoms with van der Waals surface area (Å²) in [5, 5.41) is 2.31. The lowest BCUT2D eigenvalue weighted by Gasteiger charge is -2.23. The molecule has 0 saturated carbocycles. The first-order valence-corrected chi connectivity index (χ1v) is 6.44. The van der Waals surface area contributed by atoms with Crippen molar-refractivity contribution in [3.05, 3.63) is 47.3 Å². The molecule has 1 atom stereocenters. The number of nitrogens with one attached hydrogen (secondary N) is 1. The van der Waals surface area contributed by atoms with Gasteiger partial charge in [-0.05, 0) is 19.1 Å². The first kappa shape index (κ1) is 15.7. The maximum absolute atomic E-state index is 13.0. The average Bonchev–Trinajstić information content (AvgIpc) is 2.64. The van der Waals surface area contributed by atoms with Gasteiger partial charge in [-0.1, -0.05) is 12.1 Å². The van der Waals surface area contributed by atoms with Crippen LogP contribution in [0, 0.1) is 5.82 Å². The van der Waals surface area contributed by atoms with Gasteiger partial charge in [0.05, 0.1) is 0 Å². The number of hydrogen-bond donors (Lipinski definition) is 1. The van der Waals surface area contributed by atoms with Crippen molar-refractivity contribution >= 4 is 17.7 Å². The predicted molar refractivity (Wildman–Crippen MR) is 72.5 cm³/mol. The topological polar surface area (TPSA) is 81.7 Å². The van der Waals surface area contributed by atoms with Crippen LogP contribution >= 0.6 is 0 Å². The summed E-state index contributed by atoms with van der Waals surface area (Å²) in [5.41, 5.74) is -1.15. The molecule has 0 aliphatic carbocycles. The minimum atomic E-state index is -1.52. The molecule has 1 aromatic carbocycles. The van der Waals surface area contributed by atoms with Crippen LogP contribution in [0.3, 0.4) is 0 Å². The number of carbonyl (C=O) groups is 3. The van der Waals surface area contributed by atoms with Gasteiger partial charge in [-0.3, -0.25) is 19.7 Å². The average molecular weight is 307 g/mol. The highest BCUT2D eigenvalue weighted by Crippen LogP contribution is 2.38. The predicted octanol–water partition coefficient (Wildman–Crippen LogP) is 1.51. The zero-order chi connectivity index (χ0) is 16.5. The fraction of sp³-hybridized carbons (Fsp3) is 0.267. The van der Waals surface area contributed by atoms with E-state index in [-0.39, 0.29) is 11.6 Å². The van der Waals surface area contributed by atoms with Crippen molar-refractivity contribution in [1.82, 2.24) is 5.32 Å². The highest BCUT2D eigenvalue weighted by Gasteiger charge is 2.49. The summed E-state index contributed by atoms with van der Waals surface area (Å²) in [4.78, 5) is 34.9. The van der Waals surface area contributed by atoms with Crippen LogP contribution in [0.15, 0.2) is 35.9 Å². The van der Waals surface area contributed by atoms with E-state index < -0.39 is 29.1 Å². The number of benzene rings is 1. The maximum atomic E-state index is 13.0. The van der Waals surface area contributed by atoms with Crippen LogP contribution in [-0.4, -0.2) is 17.7 Å². The number of esters is 1. The van der Waals surface area contributed by atoms with Crippen molar-refractivity contribution in [2.45, 2.75) is 26.4 Å². The fourth-order valence-electron chi connectivity index (χ4n) is 2.05. The van der Waals surface area contributed by atoms with Gasteiger partial charge >= 0.3 is 5.97 Å². The Morgan fingerprint density at radius 3 is 2.32 bits per heavy atom. The zero-order valence-corrected chi connectivity index (χ0v) is 12.2. The molecule has 1 aliphatic rings. The Bertz CT molecular complexity index is 680. The van der Waals surface area contributed by atoms with E-state index in [1.165, 1.54) is 38.1 Å². The maximum Gasteiger partial charge on any atom is 0.308 e. The van der Waals surface area contributed by atoms with E-state index in [0.717, 1.165) is 6.92 Å². The number of ketones is 1. The molecule has 0 aromatic heterocycles. The Labute approximate surface area is 125 Å². The first-order valence-electron chi connectivity index (χ1n) is 6.44. The molecular weight excluding hydrogens is 293 g/mol. The number of Topliss-reactive ketones (excluding diaryl/α,β-unsaturated/α-hetero) is 1. The number of carbonyl (C=O) groups excluding carboxylic acids is 3. The van der Waals surface area contributed by atoms with Crippen molar-refractivity contribution in [2.75, 3.05) is 0 Å². The van der Waals surface area contributed by atoms with Crippen LogP contribution in [0.5, 0.6) is 0 Å². The monoisotopic (exact) mass is 307 g/mol. The quantitative estimate of drug-likeness (QED) is 0.856. The zero-order valence-electron chi connectivity index (χ0n) is 12.2. The van der Waals surface area contributed by atoms with E-state index in [9.17, 15) is 18.8 Å². The third-order valence-corrected chi connectivity index (χ3v) is 3.08. The molecule has 2 rings (SSSR count). The highest BCUT2D eigenvalue weighted by atomic mass is 19.1. The molecule has 22 heavy (non-hydrogen) atoms.